The summed E-state index contributed by atoms with van der Waals surface area (Å²) in [6.45, 7) is 6.36. The van der Waals surface area contributed by atoms with Gasteiger partial charge in [-0.2, -0.15) is 0 Å². The fraction of sp³-hybridized carbons (Fsp3) is 0.632. The zero-order valence-electron chi connectivity index (χ0n) is 47.8. The third kappa shape index (κ3) is 58.4. The molecule has 6 heteroatoms. The molecule has 6 nitrogen and oxygen atoms in total. The molecule has 0 saturated carbocycles. The quantitative estimate of drug-likeness (QED) is 0.0261. The zero-order valence-corrected chi connectivity index (χ0v) is 47.8. The van der Waals surface area contributed by atoms with E-state index in [0.29, 0.717) is 19.3 Å². The summed E-state index contributed by atoms with van der Waals surface area (Å²) in [6, 6.07) is 0. The van der Waals surface area contributed by atoms with Gasteiger partial charge in [0.25, 0.3) is 0 Å². The SMILES string of the molecule is CC/C=C\C/C=C\C/C=C\C/C=C\C/C=C\CCCCCCCC(=O)OCC(COC(=O)CCCCCCC/C=C\CCCCCCCCC)OC(=O)CCCCC/C=C\C/C=C\C/C=C\C/C=C\C/C=C\CC. The molecule has 0 N–H and O–H groups in total. The molecule has 0 amide bonds. The van der Waals surface area contributed by atoms with Gasteiger partial charge in [-0.15, -0.1) is 0 Å². The van der Waals surface area contributed by atoms with Crippen LogP contribution >= 0.6 is 0 Å². The first-order valence-electron chi connectivity index (χ1n) is 30.2. The van der Waals surface area contributed by atoms with Gasteiger partial charge in [0.2, 0.25) is 0 Å². The van der Waals surface area contributed by atoms with Crippen LogP contribution in [0.15, 0.2) is 134 Å². The Bertz CT molecular complexity index is 1600. The zero-order chi connectivity index (χ0) is 53.6. The molecule has 0 aliphatic rings. The van der Waals surface area contributed by atoms with Gasteiger partial charge >= 0.3 is 17.9 Å². The van der Waals surface area contributed by atoms with Crippen LogP contribution in [0.5, 0.6) is 0 Å². The molecule has 0 aromatic rings. The van der Waals surface area contributed by atoms with E-state index in [2.05, 4.69) is 154 Å². The average Bonchev–Trinajstić information content (AvgIpc) is 3.40. The smallest absolute Gasteiger partial charge is 0.306 e. The van der Waals surface area contributed by atoms with Gasteiger partial charge in [-0.3, -0.25) is 14.4 Å². The molecule has 0 aromatic heterocycles. The van der Waals surface area contributed by atoms with Crippen molar-refractivity contribution in [3.8, 4) is 0 Å². The lowest BCUT2D eigenvalue weighted by Crippen LogP contribution is -2.30. The average molecular weight is 1020 g/mol. The summed E-state index contributed by atoms with van der Waals surface area (Å²) >= 11 is 0. The Morgan fingerprint density at radius 2 is 0.527 bits per heavy atom. The molecule has 0 heterocycles. The van der Waals surface area contributed by atoms with Gasteiger partial charge in [0.15, 0.2) is 6.10 Å². The van der Waals surface area contributed by atoms with E-state index in [0.717, 1.165) is 154 Å². The highest BCUT2D eigenvalue weighted by molar-refractivity contribution is 5.71. The highest BCUT2D eigenvalue weighted by Crippen LogP contribution is 2.14. The minimum Gasteiger partial charge on any atom is -0.462 e. The first kappa shape index (κ1) is 69.5. The van der Waals surface area contributed by atoms with E-state index < -0.39 is 6.10 Å². The van der Waals surface area contributed by atoms with E-state index in [4.69, 9.17) is 14.2 Å². The van der Waals surface area contributed by atoms with Crippen molar-refractivity contribution in [3.63, 3.8) is 0 Å². The Hall–Kier alpha value is -4.45. The number of rotatable bonds is 53. The maximum Gasteiger partial charge on any atom is 0.306 e. The van der Waals surface area contributed by atoms with Gasteiger partial charge < -0.3 is 14.2 Å². The lowest BCUT2D eigenvalue weighted by atomic mass is 10.1. The van der Waals surface area contributed by atoms with Gasteiger partial charge in [0, 0.05) is 19.3 Å². The maximum absolute atomic E-state index is 12.9. The standard InChI is InChI=1S/C68H110O6/c1-4-7-10-13-16-19-22-25-28-31-33-34-36-37-40-43-46-49-52-55-58-61-67(70)73-64-65(63-72-66(69)60-57-54-51-48-45-42-39-30-27-24-21-18-15-12-9-6-3)74-68(71)62-59-56-53-50-47-44-41-38-35-32-29-26-23-20-17-14-11-8-5-2/h7-8,10-11,16-17,19-20,25-26,28-30,33-35,37-40,44,47,65H,4-6,9,12-15,18,21-24,27,31-32,36,41-43,45-46,48-64H2,1-3H3/b10-7-,11-8-,19-16-,20-17-,28-25-,29-26-,34-33-,38-35-,39-30-,40-37-,47-44-. The van der Waals surface area contributed by atoms with Gasteiger partial charge in [-0.25, -0.2) is 0 Å². The number of hydrogen-bond acceptors (Lipinski definition) is 6. The number of hydrogen-bond donors (Lipinski definition) is 0. The molecule has 74 heavy (non-hydrogen) atoms. The van der Waals surface area contributed by atoms with Crippen molar-refractivity contribution in [2.75, 3.05) is 13.2 Å². The third-order valence-electron chi connectivity index (χ3n) is 12.4. The Balaban J connectivity index is 4.52. The van der Waals surface area contributed by atoms with Crippen molar-refractivity contribution < 1.29 is 28.6 Å². The highest BCUT2D eigenvalue weighted by Gasteiger charge is 2.19. The summed E-state index contributed by atoms with van der Waals surface area (Å²) in [6.07, 6.45) is 85.8. The van der Waals surface area contributed by atoms with E-state index in [1.165, 1.54) is 57.8 Å². The highest BCUT2D eigenvalue weighted by atomic mass is 16.6. The second kappa shape index (κ2) is 61.1. The summed E-state index contributed by atoms with van der Waals surface area (Å²) in [7, 11) is 0. The van der Waals surface area contributed by atoms with Crippen LogP contribution in [0.4, 0.5) is 0 Å². The van der Waals surface area contributed by atoms with Crippen molar-refractivity contribution in [1.82, 2.24) is 0 Å². The molecule has 1 atom stereocenters. The van der Waals surface area contributed by atoms with E-state index >= 15 is 0 Å². The molecular formula is C68H110O6. The summed E-state index contributed by atoms with van der Waals surface area (Å²) in [5.74, 6) is -0.967. The molecule has 0 fully saturated rings. The van der Waals surface area contributed by atoms with Crippen LogP contribution in [0.25, 0.3) is 0 Å². The van der Waals surface area contributed by atoms with Crippen molar-refractivity contribution in [1.29, 1.82) is 0 Å². The van der Waals surface area contributed by atoms with Crippen molar-refractivity contribution in [2.45, 2.75) is 264 Å². The van der Waals surface area contributed by atoms with Crippen molar-refractivity contribution in [3.05, 3.63) is 134 Å². The van der Waals surface area contributed by atoms with Crippen LogP contribution in [-0.4, -0.2) is 37.2 Å². The summed E-state index contributed by atoms with van der Waals surface area (Å²) in [4.78, 5) is 38.3. The molecule has 0 aromatic carbocycles. The summed E-state index contributed by atoms with van der Waals surface area (Å²) in [5.41, 5.74) is 0. The van der Waals surface area contributed by atoms with Crippen molar-refractivity contribution in [2.24, 2.45) is 0 Å². The largest absolute Gasteiger partial charge is 0.462 e. The second-order valence-corrected chi connectivity index (χ2v) is 19.5. The monoisotopic (exact) mass is 1020 g/mol. The van der Waals surface area contributed by atoms with Crippen LogP contribution in [0.1, 0.15) is 258 Å². The Morgan fingerprint density at radius 3 is 0.851 bits per heavy atom. The lowest BCUT2D eigenvalue weighted by Gasteiger charge is -2.18. The molecule has 0 bridgehead atoms. The maximum atomic E-state index is 12.9. The first-order chi connectivity index (χ1) is 36.5. The van der Waals surface area contributed by atoms with Crippen molar-refractivity contribution >= 4 is 17.9 Å². The molecule has 0 aliphatic carbocycles. The fourth-order valence-electron chi connectivity index (χ4n) is 7.90. The number of ether oxygens (including phenoxy) is 3. The number of allylic oxidation sites excluding steroid dienone is 22. The number of carbonyl (C=O) groups excluding carboxylic acids is 3. The molecule has 418 valence electrons. The fourth-order valence-corrected chi connectivity index (χ4v) is 7.90. The van der Waals surface area contributed by atoms with Crippen LogP contribution < -0.4 is 0 Å². The Morgan fingerprint density at radius 1 is 0.284 bits per heavy atom. The molecular weight excluding hydrogens is 913 g/mol. The summed E-state index contributed by atoms with van der Waals surface area (Å²) in [5, 5.41) is 0. The number of esters is 3. The van der Waals surface area contributed by atoms with E-state index in [-0.39, 0.29) is 37.5 Å². The number of unbranched alkanes of at least 4 members (excludes halogenated alkanes) is 20. The Labute approximate surface area is 455 Å². The third-order valence-corrected chi connectivity index (χ3v) is 12.4. The van der Waals surface area contributed by atoms with Gasteiger partial charge in [0.05, 0.1) is 0 Å². The minimum atomic E-state index is -0.813. The van der Waals surface area contributed by atoms with Crippen LogP contribution in [0.2, 0.25) is 0 Å². The lowest BCUT2D eigenvalue weighted by molar-refractivity contribution is -0.167. The molecule has 0 aliphatic heterocycles. The normalized spacial score (nSPS) is 13.1. The van der Waals surface area contributed by atoms with Gasteiger partial charge in [0.1, 0.15) is 13.2 Å². The predicted octanol–water partition coefficient (Wildman–Crippen LogP) is 20.6. The van der Waals surface area contributed by atoms with Crippen LogP contribution in [-0.2, 0) is 28.6 Å². The molecule has 1 unspecified atom stereocenters. The molecule has 0 spiro atoms. The van der Waals surface area contributed by atoms with E-state index in [1.54, 1.807) is 0 Å². The number of carbonyl (C=O) groups is 3. The van der Waals surface area contributed by atoms with Crippen LogP contribution in [0, 0.1) is 0 Å². The second-order valence-electron chi connectivity index (χ2n) is 19.5. The predicted molar refractivity (Wildman–Crippen MR) is 320 cm³/mol. The molecule has 0 saturated heterocycles. The topological polar surface area (TPSA) is 78.9 Å². The van der Waals surface area contributed by atoms with E-state index in [9.17, 15) is 14.4 Å². The Kier molecular flexibility index (Phi) is 57.4. The van der Waals surface area contributed by atoms with Gasteiger partial charge in [-0.1, -0.05) is 238 Å². The van der Waals surface area contributed by atoms with Crippen LogP contribution in [0.3, 0.4) is 0 Å². The first-order valence-corrected chi connectivity index (χ1v) is 30.2. The molecule has 0 radical (unpaired) electrons. The molecule has 0 rings (SSSR count). The minimum absolute atomic E-state index is 0.106. The van der Waals surface area contributed by atoms with Gasteiger partial charge in [-0.05, 0) is 135 Å². The summed E-state index contributed by atoms with van der Waals surface area (Å²) < 4.78 is 16.9. The van der Waals surface area contributed by atoms with E-state index in [1.807, 2.05) is 0 Å².